The van der Waals surface area contributed by atoms with Crippen molar-refractivity contribution in [3.8, 4) is 0 Å². The van der Waals surface area contributed by atoms with Crippen LogP contribution in [0.3, 0.4) is 0 Å². The Morgan fingerprint density at radius 3 is 1.43 bits per heavy atom. The Morgan fingerprint density at radius 1 is 0.591 bits per heavy atom. The fraction of sp³-hybridized carbons (Fsp3) is 0.878. The van der Waals surface area contributed by atoms with E-state index in [1.807, 2.05) is 0 Å². The third-order valence-electron chi connectivity index (χ3n) is 10.5. The van der Waals surface area contributed by atoms with Gasteiger partial charge in [0.25, 0.3) is 0 Å². The SMILES string of the molecule is C=C(CCCCCCCCC(CCCCCCCCC(=C)CC1CCCCC1)OC(=O)CCCN(C)C)CC1CCCCC1. The topological polar surface area (TPSA) is 29.5 Å². The molecule has 3 nitrogen and oxygen atoms in total. The molecule has 0 atom stereocenters. The van der Waals surface area contributed by atoms with Crippen molar-refractivity contribution in [2.75, 3.05) is 20.6 Å². The summed E-state index contributed by atoms with van der Waals surface area (Å²) in [6, 6.07) is 0. The highest BCUT2D eigenvalue weighted by molar-refractivity contribution is 5.69. The van der Waals surface area contributed by atoms with Crippen molar-refractivity contribution in [1.82, 2.24) is 4.90 Å². The maximum Gasteiger partial charge on any atom is 0.306 e. The minimum absolute atomic E-state index is 0.0127. The Hall–Kier alpha value is -1.09. The van der Waals surface area contributed by atoms with Gasteiger partial charge in [-0.2, -0.15) is 0 Å². The summed E-state index contributed by atoms with van der Waals surface area (Å²) in [6.45, 7) is 9.73. The number of unbranched alkanes of at least 4 members (excludes halogenated alkanes) is 10. The van der Waals surface area contributed by atoms with E-state index in [1.165, 1.54) is 178 Å². The Balaban J connectivity index is 1.52. The van der Waals surface area contributed by atoms with Crippen molar-refractivity contribution in [1.29, 1.82) is 0 Å². The highest BCUT2D eigenvalue weighted by Gasteiger charge is 2.16. The third-order valence-corrected chi connectivity index (χ3v) is 10.5. The Bertz CT molecular complexity index is 683. The second-order valence-corrected chi connectivity index (χ2v) is 15.3. The highest BCUT2D eigenvalue weighted by atomic mass is 16.5. The van der Waals surface area contributed by atoms with Gasteiger partial charge in [0, 0.05) is 6.42 Å². The summed E-state index contributed by atoms with van der Waals surface area (Å²) < 4.78 is 6.02. The lowest BCUT2D eigenvalue weighted by Gasteiger charge is -2.22. The number of nitrogens with zero attached hydrogens (tertiary/aromatic N) is 1. The molecule has 44 heavy (non-hydrogen) atoms. The molecule has 2 fully saturated rings. The summed E-state index contributed by atoms with van der Waals surface area (Å²) in [5.41, 5.74) is 3.01. The van der Waals surface area contributed by atoms with Crippen molar-refractivity contribution in [2.24, 2.45) is 11.8 Å². The van der Waals surface area contributed by atoms with Crippen LogP contribution in [0.1, 0.15) is 193 Å². The lowest BCUT2D eigenvalue weighted by molar-refractivity contribution is -0.150. The molecule has 2 saturated carbocycles. The standard InChI is InChI=1S/C41H75NO2/c1-36(34-38-26-17-13-18-27-38)24-15-9-5-7-11-21-30-40(44-41(43)32-23-33-42(3)4)31-22-12-8-6-10-16-25-37(2)35-39-28-19-14-20-29-39/h38-40H,1-2,5-35H2,3-4H3. The van der Waals surface area contributed by atoms with Gasteiger partial charge < -0.3 is 9.64 Å². The molecule has 2 aliphatic carbocycles. The number of hydrogen-bond donors (Lipinski definition) is 0. The summed E-state index contributed by atoms with van der Waals surface area (Å²) in [4.78, 5) is 14.7. The van der Waals surface area contributed by atoms with E-state index in [4.69, 9.17) is 4.74 Å². The van der Waals surface area contributed by atoms with E-state index >= 15 is 0 Å². The van der Waals surface area contributed by atoms with Crippen LogP contribution in [0.2, 0.25) is 0 Å². The van der Waals surface area contributed by atoms with E-state index in [0.29, 0.717) is 6.42 Å². The number of allylic oxidation sites excluding steroid dienone is 2. The van der Waals surface area contributed by atoms with E-state index in [0.717, 1.165) is 37.6 Å². The smallest absolute Gasteiger partial charge is 0.306 e. The molecule has 3 heteroatoms. The average Bonchev–Trinajstić information content (AvgIpc) is 3.00. The van der Waals surface area contributed by atoms with E-state index in [-0.39, 0.29) is 12.1 Å². The molecule has 0 spiro atoms. The maximum absolute atomic E-state index is 12.6. The molecular formula is C41H75NO2. The van der Waals surface area contributed by atoms with Crippen molar-refractivity contribution in [3.63, 3.8) is 0 Å². The molecule has 0 aromatic carbocycles. The third kappa shape index (κ3) is 21.6. The van der Waals surface area contributed by atoms with Gasteiger partial charge in [-0.1, -0.05) is 140 Å². The van der Waals surface area contributed by atoms with Crippen LogP contribution in [0.4, 0.5) is 0 Å². The summed E-state index contributed by atoms with van der Waals surface area (Å²) in [5.74, 6) is 1.87. The first-order chi connectivity index (χ1) is 21.4. The number of ether oxygens (including phenoxy) is 1. The van der Waals surface area contributed by atoms with E-state index in [2.05, 4.69) is 32.2 Å². The summed E-state index contributed by atoms with van der Waals surface area (Å²) in [5, 5.41) is 0. The molecule has 0 aromatic heterocycles. The number of hydrogen-bond acceptors (Lipinski definition) is 3. The molecule has 2 rings (SSSR count). The predicted octanol–water partition coefficient (Wildman–Crippen LogP) is 12.5. The molecular weight excluding hydrogens is 538 g/mol. The van der Waals surface area contributed by atoms with Crippen molar-refractivity contribution in [2.45, 2.75) is 199 Å². The number of carbonyl (C=O) groups is 1. The fourth-order valence-corrected chi connectivity index (χ4v) is 7.76. The van der Waals surface area contributed by atoms with Crippen molar-refractivity contribution < 1.29 is 9.53 Å². The Labute approximate surface area is 275 Å². The zero-order valence-electron chi connectivity index (χ0n) is 29.8. The molecule has 2 aliphatic rings. The highest BCUT2D eigenvalue weighted by Crippen LogP contribution is 2.31. The van der Waals surface area contributed by atoms with Crippen molar-refractivity contribution in [3.05, 3.63) is 24.3 Å². The normalized spacial score (nSPS) is 16.5. The monoisotopic (exact) mass is 614 g/mol. The van der Waals surface area contributed by atoms with Gasteiger partial charge in [0.15, 0.2) is 0 Å². The van der Waals surface area contributed by atoms with Gasteiger partial charge in [-0.15, -0.1) is 0 Å². The quantitative estimate of drug-likeness (QED) is 0.0524. The number of esters is 1. The Morgan fingerprint density at radius 2 is 1.00 bits per heavy atom. The molecule has 0 saturated heterocycles. The number of carbonyl (C=O) groups excluding carboxylic acids is 1. The lowest BCUT2D eigenvalue weighted by Crippen LogP contribution is -2.20. The Kier molecular flexibility index (Phi) is 23.1. The van der Waals surface area contributed by atoms with Crippen LogP contribution in [0, 0.1) is 11.8 Å². The largest absolute Gasteiger partial charge is 0.462 e. The minimum atomic E-state index is 0.0127. The van der Waals surface area contributed by atoms with Crippen LogP contribution < -0.4 is 0 Å². The lowest BCUT2D eigenvalue weighted by atomic mass is 9.84. The molecule has 0 unspecified atom stereocenters. The molecule has 0 heterocycles. The fourth-order valence-electron chi connectivity index (χ4n) is 7.76. The zero-order valence-corrected chi connectivity index (χ0v) is 29.8. The summed E-state index contributed by atoms with van der Waals surface area (Å²) >= 11 is 0. The van der Waals surface area contributed by atoms with Crippen molar-refractivity contribution >= 4 is 5.97 Å². The first kappa shape index (κ1) is 39.1. The van der Waals surface area contributed by atoms with E-state index in [1.54, 1.807) is 0 Å². The average molecular weight is 614 g/mol. The number of rotatable bonds is 27. The van der Waals surface area contributed by atoms with E-state index in [9.17, 15) is 4.79 Å². The van der Waals surface area contributed by atoms with Gasteiger partial charge in [0.2, 0.25) is 0 Å². The first-order valence-corrected chi connectivity index (χ1v) is 19.6. The summed E-state index contributed by atoms with van der Waals surface area (Å²) in [7, 11) is 4.13. The zero-order chi connectivity index (χ0) is 31.7. The van der Waals surface area contributed by atoms with Gasteiger partial charge in [0.1, 0.15) is 6.10 Å². The van der Waals surface area contributed by atoms with Crippen LogP contribution in [-0.4, -0.2) is 37.6 Å². The van der Waals surface area contributed by atoms with Crippen LogP contribution in [0.25, 0.3) is 0 Å². The maximum atomic E-state index is 12.6. The van der Waals surface area contributed by atoms with Crippen LogP contribution in [-0.2, 0) is 9.53 Å². The molecule has 0 bridgehead atoms. The van der Waals surface area contributed by atoms with Crippen LogP contribution >= 0.6 is 0 Å². The molecule has 0 amide bonds. The van der Waals surface area contributed by atoms with Gasteiger partial charge in [-0.05, 0) is 103 Å². The summed E-state index contributed by atoms with van der Waals surface area (Å²) in [6.07, 6.45) is 38.5. The van der Waals surface area contributed by atoms with Gasteiger partial charge >= 0.3 is 5.97 Å². The minimum Gasteiger partial charge on any atom is -0.462 e. The second kappa shape index (κ2) is 26.0. The van der Waals surface area contributed by atoms with E-state index < -0.39 is 0 Å². The molecule has 0 aliphatic heterocycles. The van der Waals surface area contributed by atoms with Crippen LogP contribution in [0.5, 0.6) is 0 Å². The molecule has 256 valence electrons. The molecule has 0 radical (unpaired) electrons. The predicted molar refractivity (Wildman–Crippen MR) is 192 cm³/mol. The molecule has 0 aromatic rings. The first-order valence-electron chi connectivity index (χ1n) is 19.6. The van der Waals surface area contributed by atoms with Crippen LogP contribution in [0.15, 0.2) is 24.3 Å². The van der Waals surface area contributed by atoms with Gasteiger partial charge in [-0.3, -0.25) is 4.79 Å². The van der Waals surface area contributed by atoms with Gasteiger partial charge in [0.05, 0.1) is 0 Å². The molecule has 0 N–H and O–H groups in total. The second-order valence-electron chi connectivity index (χ2n) is 15.3. The van der Waals surface area contributed by atoms with Gasteiger partial charge in [-0.25, -0.2) is 0 Å².